The van der Waals surface area contributed by atoms with Gasteiger partial charge in [-0.1, -0.05) is 24.3 Å². The van der Waals surface area contributed by atoms with Gasteiger partial charge in [0.05, 0.1) is 11.7 Å². The van der Waals surface area contributed by atoms with Crippen LogP contribution in [0.2, 0.25) is 0 Å². The summed E-state index contributed by atoms with van der Waals surface area (Å²) in [5, 5.41) is 10.1. The molecule has 0 fully saturated rings. The zero-order chi connectivity index (χ0) is 11.1. The number of rotatable bonds is 1. The number of hydrogen-bond donors (Lipinski definition) is 1. The highest BCUT2D eigenvalue weighted by Gasteiger charge is 2.33. The van der Waals surface area contributed by atoms with Crippen molar-refractivity contribution in [3.05, 3.63) is 35.4 Å². The molecule has 1 aliphatic rings. The largest absolute Gasteiger partial charge is 0.386 e. The van der Waals surface area contributed by atoms with Crippen molar-refractivity contribution in [2.45, 2.75) is 45.0 Å². The lowest BCUT2D eigenvalue weighted by Crippen LogP contribution is -2.30. The van der Waals surface area contributed by atoms with E-state index in [4.69, 9.17) is 4.74 Å². The first-order chi connectivity index (χ1) is 6.97. The quantitative estimate of drug-likeness (QED) is 0.764. The van der Waals surface area contributed by atoms with Crippen LogP contribution in [0.3, 0.4) is 0 Å². The smallest absolute Gasteiger partial charge is 0.106 e. The predicted molar refractivity (Wildman–Crippen MR) is 59.7 cm³/mol. The standard InChI is InChI=1S/C13H18O2/c1-13(2,3)15-11-8-9-6-4-5-7-10(9)12(11)14/h4-7,11-12,14H,8H2,1-3H3. The Kier molecular flexibility index (Phi) is 2.57. The second-order valence-electron chi connectivity index (χ2n) is 5.12. The molecule has 1 N–H and O–H groups in total. The second kappa shape index (κ2) is 3.62. The van der Waals surface area contributed by atoms with Gasteiger partial charge in [-0.3, -0.25) is 0 Å². The van der Waals surface area contributed by atoms with Crippen LogP contribution in [0.15, 0.2) is 24.3 Å². The molecule has 2 atom stereocenters. The molecular formula is C13H18O2. The summed E-state index contributed by atoms with van der Waals surface area (Å²) in [6.45, 7) is 6.05. The number of hydrogen-bond acceptors (Lipinski definition) is 2. The minimum Gasteiger partial charge on any atom is -0.386 e. The lowest BCUT2D eigenvalue weighted by Gasteiger charge is -2.26. The van der Waals surface area contributed by atoms with Gasteiger partial charge in [-0.2, -0.15) is 0 Å². The average molecular weight is 206 g/mol. The zero-order valence-electron chi connectivity index (χ0n) is 9.53. The average Bonchev–Trinajstić information content (AvgIpc) is 2.42. The van der Waals surface area contributed by atoms with Gasteiger partial charge >= 0.3 is 0 Å². The van der Waals surface area contributed by atoms with Crippen molar-refractivity contribution >= 4 is 0 Å². The maximum atomic E-state index is 10.1. The Hall–Kier alpha value is -0.860. The van der Waals surface area contributed by atoms with Crippen molar-refractivity contribution in [1.82, 2.24) is 0 Å². The lowest BCUT2D eigenvalue weighted by atomic mass is 10.1. The van der Waals surface area contributed by atoms with Crippen LogP contribution in [-0.2, 0) is 11.2 Å². The van der Waals surface area contributed by atoms with Gasteiger partial charge in [-0.25, -0.2) is 0 Å². The van der Waals surface area contributed by atoms with E-state index < -0.39 is 6.10 Å². The zero-order valence-corrected chi connectivity index (χ0v) is 9.53. The van der Waals surface area contributed by atoms with Gasteiger partial charge < -0.3 is 9.84 Å². The van der Waals surface area contributed by atoms with E-state index in [1.807, 2.05) is 39.0 Å². The Morgan fingerprint density at radius 2 is 1.93 bits per heavy atom. The fourth-order valence-corrected chi connectivity index (χ4v) is 2.10. The molecule has 2 unspecified atom stereocenters. The molecule has 0 saturated heterocycles. The number of ether oxygens (including phenoxy) is 1. The van der Waals surface area contributed by atoms with Crippen LogP contribution >= 0.6 is 0 Å². The lowest BCUT2D eigenvalue weighted by molar-refractivity contribution is -0.104. The molecule has 0 aliphatic heterocycles. The minimum absolute atomic E-state index is 0.0950. The van der Waals surface area contributed by atoms with E-state index in [0.717, 1.165) is 12.0 Å². The van der Waals surface area contributed by atoms with Gasteiger partial charge in [-0.05, 0) is 31.9 Å². The highest BCUT2D eigenvalue weighted by atomic mass is 16.5. The van der Waals surface area contributed by atoms with E-state index in [0.29, 0.717) is 0 Å². The monoisotopic (exact) mass is 206 g/mol. The van der Waals surface area contributed by atoms with Crippen LogP contribution in [0.25, 0.3) is 0 Å². The van der Waals surface area contributed by atoms with Crippen molar-refractivity contribution < 1.29 is 9.84 Å². The maximum absolute atomic E-state index is 10.1. The molecule has 0 amide bonds. The second-order valence-corrected chi connectivity index (χ2v) is 5.12. The predicted octanol–water partition coefficient (Wildman–Crippen LogP) is 2.46. The van der Waals surface area contributed by atoms with Gasteiger partial charge in [0.15, 0.2) is 0 Å². The Labute approximate surface area is 90.9 Å². The van der Waals surface area contributed by atoms with Crippen LogP contribution in [0.5, 0.6) is 0 Å². The molecule has 0 spiro atoms. The molecule has 1 aliphatic carbocycles. The minimum atomic E-state index is -0.472. The Bertz CT molecular complexity index is 352. The van der Waals surface area contributed by atoms with Gasteiger partial charge in [0.1, 0.15) is 6.10 Å². The molecule has 0 saturated carbocycles. The van der Waals surface area contributed by atoms with Crippen LogP contribution in [0.4, 0.5) is 0 Å². The van der Waals surface area contributed by atoms with Crippen molar-refractivity contribution in [3.63, 3.8) is 0 Å². The first-order valence-electron chi connectivity index (χ1n) is 5.41. The van der Waals surface area contributed by atoms with E-state index >= 15 is 0 Å². The number of fused-ring (bicyclic) bond motifs is 1. The van der Waals surface area contributed by atoms with Gasteiger partial charge in [0.2, 0.25) is 0 Å². The number of aliphatic hydroxyl groups is 1. The van der Waals surface area contributed by atoms with Gasteiger partial charge in [0.25, 0.3) is 0 Å². The van der Waals surface area contributed by atoms with E-state index in [1.54, 1.807) is 0 Å². The van der Waals surface area contributed by atoms with E-state index in [1.165, 1.54) is 5.56 Å². The topological polar surface area (TPSA) is 29.5 Å². The van der Waals surface area contributed by atoms with Crippen molar-refractivity contribution in [1.29, 1.82) is 0 Å². The molecule has 0 aromatic heterocycles. The fourth-order valence-electron chi connectivity index (χ4n) is 2.10. The highest BCUT2D eigenvalue weighted by Crippen LogP contribution is 2.34. The molecule has 0 bridgehead atoms. The molecule has 0 heterocycles. The first-order valence-corrected chi connectivity index (χ1v) is 5.41. The highest BCUT2D eigenvalue weighted by molar-refractivity contribution is 5.35. The molecule has 15 heavy (non-hydrogen) atoms. The summed E-state index contributed by atoms with van der Waals surface area (Å²) in [7, 11) is 0. The van der Waals surface area contributed by atoms with Gasteiger partial charge in [-0.15, -0.1) is 0 Å². The third kappa shape index (κ3) is 2.21. The van der Waals surface area contributed by atoms with Crippen LogP contribution < -0.4 is 0 Å². The molecule has 2 rings (SSSR count). The first kappa shape index (κ1) is 10.7. The summed E-state index contributed by atoms with van der Waals surface area (Å²) < 4.78 is 5.84. The van der Waals surface area contributed by atoms with Crippen molar-refractivity contribution in [2.24, 2.45) is 0 Å². The summed E-state index contributed by atoms with van der Waals surface area (Å²) in [5.41, 5.74) is 2.03. The summed E-state index contributed by atoms with van der Waals surface area (Å²) in [4.78, 5) is 0. The normalized spacial score (nSPS) is 25.3. The van der Waals surface area contributed by atoms with Crippen LogP contribution in [-0.4, -0.2) is 16.8 Å². The summed E-state index contributed by atoms with van der Waals surface area (Å²) in [6, 6.07) is 8.00. The third-order valence-electron chi connectivity index (χ3n) is 2.65. The number of benzene rings is 1. The maximum Gasteiger partial charge on any atom is 0.106 e. The molecular weight excluding hydrogens is 188 g/mol. The summed E-state index contributed by atoms with van der Waals surface area (Å²) >= 11 is 0. The fraction of sp³-hybridized carbons (Fsp3) is 0.538. The number of aliphatic hydroxyl groups excluding tert-OH is 1. The molecule has 82 valence electrons. The van der Waals surface area contributed by atoms with E-state index in [2.05, 4.69) is 6.07 Å². The molecule has 2 nitrogen and oxygen atoms in total. The SMILES string of the molecule is CC(C)(C)OC1Cc2ccccc2C1O. The molecule has 2 heteroatoms. The Balaban J connectivity index is 2.17. The van der Waals surface area contributed by atoms with E-state index in [-0.39, 0.29) is 11.7 Å². The van der Waals surface area contributed by atoms with E-state index in [9.17, 15) is 5.11 Å². The van der Waals surface area contributed by atoms with Crippen molar-refractivity contribution in [3.8, 4) is 0 Å². The van der Waals surface area contributed by atoms with Crippen LogP contribution in [0.1, 0.15) is 38.0 Å². The summed E-state index contributed by atoms with van der Waals surface area (Å²) in [6.07, 6.45) is 0.247. The molecule has 1 aromatic carbocycles. The third-order valence-corrected chi connectivity index (χ3v) is 2.65. The Morgan fingerprint density at radius 1 is 1.27 bits per heavy atom. The Morgan fingerprint density at radius 3 is 2.53 bits per heavy atom. The van der Waals surface area contributed by atoms with Gasteiger partial charge in [0, 0.05) is 6.42 Å². The summed E-state index contributed by atoms with van der Waals surface area (Å²) in [5.74, 6) is 0. The molecule has 1 aromatic rings. The van der Waals surface area contributed by atoms with Crippen molar-refractivity contribution in [2.75, 3.05) is 0 Å². The molecule has 0 radical (unpaired) electrons. The van der Waals surface area contributed by atoms with Crippen LogP contribution in [0, 0.1) is 0 Å².